The molecule has 1 unspecified atom stereocenters. The highest BCUT2D eigenvalue weighted by atomic mass is 79.9. The molecule has 0 saturated carbocycles. The Labute approximate surface area is 152 Å². The van der Waals surface area contributed by atoms with Crippen LogP contribution in [0.5, 0.6) is 5.75 Å². The molecule has 3 N–H and O–H groups in total. The lowest BCUT2D eigenvalue weighted by atomic mass is 9.86. The molecule has 1 aromatic rings. The number of hydrogen-bond acceptors (Lipinski definition) is 5. The van der Waals surface area contributed by atoms with E-state index >= 15 is 0 Å². The first-order valence-corrected chi connectivity index (χ1v) is 9.41. The van der Waals surface area contributed by atoms with E-state index in [1.807, 2.05) is 12.1 Å². The molecule has 0 aliphatic carbocycles. The van der Waals surface area contributed by atoms with Gasteiger partial charge in [-0.15, -0.1) is 0 Å². The van der Waals surface area contributed by atoms with Crippen molar-refractivity contribution in [2.45, 2.75) is 44.9 Å². The normalized spacial score (nSPS) is 21.9. The molecule has 2 saturated heterocycles. The Balaban J connectivity index is 1.83. The van der Waals surface area contributed by atoms with Crippen LogP contribution >= 0.6 is 15.9 Å². The van der Waals surface area contributed by atoms with Crippen LogP contribution in [0.15, 0.2) is 16.6 Å². The fourth-order valence-corrected chi connectivity index (χ4v) is 3.56. The largest absolute Gasteiger partial charge is 0.487 e. The van der Waals surface area contributed by atoms with Crippen LogP contribution in [0.4, 0.5) is 5.69 Å². The molecular weight excluding hydrogens is 370 g/mol. The summed E-state index contributed by atoms with van der Waals surface area (Å²) in [6, 6.07) is 3.93. The summed E-state index contributed by atoms with van der Waals surface area (Å²) >= 11 is 3.57. The van der Waals surface area contributed by atoms with E-state index in [-0.39, 0.29) is 11.8 Å². The Morgan fingerprint density at radius 3 is 2.75 bits per heavy atom. The SMILES string of the molecule is CC(C)(Oc1cc(Br)cc(NC2CCCCO2)c1C=N)C1CNC1. The van der Waals surface area contributed by atoms with E-state index in [0.717, 1.165) is 60.4 Å². The van der Waals surface area contributed by atoms with Crippen molar-refractivity contribution in [3.8, 4) is 5.75 Å². The van der Waals surface area contributed by atoms with Gasteiger partial charge in [-0.3, -0.25) is 0 Å². The topological polar surface area (TPSA) is 66.4 Å². The number of benzene rings is 1. The second-order valence-electron chi connectivity index (χ2n) is 7.07. The third-order valence-corrected chi connectivity index (χ3v) is 5.34. The van der Waals surface area contributed by atoms with E-state index in [1.54, 1.807) is 0 Å². The highest BCUT2D eigenvalue weighted by molar-refractivity contribution is 9.10. The molecule has 6 heteroatoms. The van der Waals surface area contributed by atoms with Gasteiger partial charge in [0.15, 0.2) is 0 Å². The fourth-order valence-electron chi connectivity index (χ4n) is 3.12. The van der Waals surface area contributed by atoms with Crippen molar-refractivity contribution in [3.63, 3.8) is 0 Å². The quantitative estimate of drug-likeness (QED) is 0.641. The van der Waals surface area contributed by atoms with E-state index in [9.17, 15) is 0 Å². The van der Waals surface area contributed by atoms with Crippen LogP contribution in [0.1, 0.15) is 38.7 Å². The van der Waals surface area contributed by atoms with E-state index in [2.05, 4.69) is 40.4 Å². The van der Waals surface area contributed by atoms with Gasteiger partial charge in [0, 0.05) is 42.0 Å². The zero-order chi connectivity index (χ0) is 17.2. The molecular formula is C18H26BrN3O2. The first kappa shape index (κ1) is 17.7. The third kappa shape index (κ3) is 3.92. The average molecular weight is 396 g/mol. The molecule has 0 bridgehead atoms. The van der Waals surface area contributed by atoms with Crippen LogP contribution < -0.4 is 15.4 Å². The molecule has 0 radical (unpaired) electrons. The summed E-state index contributed by atoms with van der Waals surface area (Å²) in [5, 5.41) is 14.6. The van der Waals surface area contributed by atoms with Gasteiger partial charge < -0.3 is 25.5 Å². The minimum absolute atomic E-state index is 0.00319. The van der Waals surface area contributed by atoms with Crippen molar-refractivity contribution in [2.75, 3.05) is 25.0 Å². The Morgan fingerprint density at radius 2 is 2.17 bits per heavy atom. The van der Waals surface area contributed by atoms with E-state index in [4.69, 9.17) is 14.9 Å². The summed E-state index contributed by atoms with van der Waals surface area (Å²) in [4.78, 5) is 0. The van der Waals surface area contributed by atoms with Crippen LogP contribution in [0.25, 0.3) is 0 Å². The Bertz CT molecular complexity index is 596. The van der Waals surface area contributed by atoms with Crippen LogP contribution in [0, 0.1) is 11.3 Å². The Morgan fingerprint density at radius 1 is 1.38 bits per heavy atom. The first-order valence-electron chi connectivity index (χ1n) is 8.61. The van der Waals surface area contributed by atoms with Gasteiger partial charge in [0.05, 0.1) is 5.56 Å². The maximum absolute atomic E-state index is 7.87. The zero-order valence-electron chi connectivity index (χ0n) is 14.3. The van der Waals surface area contributed by atoms with Gasteiger partial charge in [0.25, 0.3) is 0 Å². The van der Waals surface area contributed by atoms with Crippen LogP contribution in [0.3, 0.4) is 0 Å². The van der Waals surface area contributed by atoms with Crippen molar-refractivity contribution in [3.05, 3.63) is 22.2 Å². The van der Waals surface area contributed by atoms with Crippen molar-refractivity contribution < 1.29 is 9.47 Å². The molecule has 1 atom stereocenters. The lowest BCUT2D eigenvalue weighted by Gasteiger charge is -2.41. The Kier molecular flexibility index (Phi) is 5.47. The number of hydrogen-bond donors (Lipinski definition) is 3. The maximum Gasteiger partial charge on any atom is 0.132 e. The molecule has 2 aliphatic rings. The second kappa shape index (κ2) is 7.42. The summed E-state index contributed by atoms with van der Waals surface area (Å²) in [6.07, 6.45) is 4.63. The molecule has 0 amide bonds. The standard InChI is InChI=1S/C18H26BrN3O2/c1-18(2,12-10-21-11-12)24-16-8-13(19)7-15(14(16)9-20)22-17-5-3-4-6-23-17/h7-9,12,17,20-22H,3-6,10-11H2,1-2H3. The fraction of sp³-hybridized carbons (Fsp3) is 0.611. The van der Waals surface area contributed by atoms with Crippen molar-refractivity contribution in [1.29, 1.82) is 5.41 Å². The summed E-state index contributed by atoms with van der Waals surface area (Å²) in [5.74, 6) is 1.21. The minimum atomic E-state index is -0.275. The first-order chi connectivity index (χ1) is 11.5. The van der Waals surface area contributed by atoms with Crippen LogP contribution in [-0.2, 0) is 4.74 Å². The molecule has 0 aromatic heterocycles. The predicted octanol–water partition coefficient (Wildman–Crippen LogP) is 3.76. The molecule has 3 rings (SSSR count). The van der Waals surface area contributed by atoms with Gasteiger partial charge >= 0.3 is 0 Å². The molecule has 2 heterocycles. The van der Waals surface area contributed by atoms with E-state index in [0.29, 0.717) is 5.92 Å². The molecule has 5 nitrogen and oxygen atoms in total. The van der Waals surface area contributed by atoms with E-state index < -0.39 is 0 Å². The number of halogens is 1. The van der Waals surface area contributed by atoms with Gasteiger partial charge in [0.1, 0.15) is 17.6 Å². The summed E-state index contributed by atoms with van der Waals surface area (Å²) in [5.41, 5.74) is 1.37. The van der Waals surface area contributed by atoms with Crippen molar-refractivity contribution in [1.82, 2.24) is 5.32 Å². The summed E-state index contributed by atoms with van der Waals surface area (Å²) < 4.78 is 13.0. The van der Waals surface area contributed by atoms with Gasteiger partial charge in [-0.1, -0.05) is 15.9 Å². The molecule has 132 valence electrons. The molecule has 2 fully saturated rings. The molecule has 1 aromatic carbocycles. The van der Waals surface area contributed by atoms with Crippen LogP contribution in [0.2, 0.25) is 0 Å². The minimum Gasteiger partial charge on any atom is -0.487 e. The molecule has 0 spiro atoms. The average Bonchev–Trinajstić information content (AvgIpc) is 2.45. The highest BCUT2D eigenvalue weighted by Crippen LogP contribution is 2.35. The lowest BCUT2D eigenvalue weighted by Crippen LogP contribution is -2.55. The zero-order valence-corrected chi connectivity index (χ0v) is 15.9. The van der Waals surface area contributed by atoms with Crippen molar-refractivity contribution >= 4 is 27.8 Å². The van der Waals surface area contributed by atoms with Gasteiger partial charge in [-0.05, 0) is 45.2 Å². The second-order valence-corrected chi connectivity index (χ2v) is 7.99. The molecule has 2 aliphatic heterocycles. The molecule has 24 heavy (non-hydrogen) atoms. The number of anilines is 1. The monoisotopic (exact) mass is 395 g/mol. The summed E-state index contributed by atoms with van der Waals surface area (Å²) in [7, 11) is 0. The lowest BCUT2D eigenvalue weighted by molar-refractivity contribution is 0.0179. The van der Waals surface area contributed by atoms with Gasteiger partial charge in [-0.25, -0.2) is 0 Å². The predicted molar refractivity (Wildman–Crippen MR) is 100 cm³/mol. The Hall–Kier alpha value is -1.11. The number of nitrogens with one attached hydrogen (secondary N) is 3. The van der Waals surface area contributed by atoms with Gasteiger partial charge in [0.2, 0.25) is 0 Å². The third-order valence-electron chi connectivity index (χ3n) is 4.88. The van der Waals surface area contributed by atoms with E-state index in [1.165, 1.54) is 6.21 Å². The number of ether oxygens (including phenoxy) is 2. The highest BCUT2D eigenvalue weighted by Gasteiger charge is 2.36. The summed E-state index contributed by atoms with van der Waals surface area (Å²) in [6.45, 7) is 6.97. The number of rotatable bonds is 6. The smallest absolute Gasteiger partial charge is 0.132 e. The van der Waals surface area contributed by atoms with Crippen LogP contribution in [-0.4, -0.2) is 37.7 Å². The van der Waals surface area contributed by atoms with Gasteiger partial charge in [-0.2, -0.15) is 0 Å². The maximum atomic E-state index is 7.87. The van der Waals surface area contributed by atoms with Crippen molar-refractivity contribution in [2.24, 2.45) is 5.92 Å².